The molecule has 1 fully saturated rings. The molecule has 0 saturated heterocycles. The quantitative estimate of drug-likeness (QED) is 0.329. The minimum atomic E-state index is -4.25. The maximum absolute atomic E-state index is 14.8. The van der Waals surface area contributed by atoms with Gasteiger partial charge in [0.05, 0.1) is 17.7 Å². The number of sulfonamides is 1. The lowest BCUT2D eigenvalue weighted by Crippen LogP contribution is -2.53. The van der Waals surface area contributed by atoms with Gasteiger partial charge in [0.1, 0.15) is 24.2 Å². The van der Waals surface area contributed by atoms with Crippen LogP contribution < -0.4 is 14.4 Å². The van der Waals surface area contributed by atoms with E-state index in [4.69, 9.17) is 4.74 Å². The number of carbonyl (C=O) groups excluding carboxylic acids is 2. The molecule has 2 amide bonds. The van der Waals surface area contributed by atoms with Crippen LogP contribution in [0.25, 0.3) is 0 Å². The van der Waals surface area contributed by atoms with Gasteiger partial charge in [0.15, 0.2) is 0 Å². The Morgan fingerprint density at radius 3 is 2.29 bits per heavy atom. The van der Waals surface area contributed by atoms with Crippen molar-refractivity contribution in [1.82, 2.24) is 10.2 Å². The van der Waals surface area contributed by atoms with Gasteiger partial charge >= 0.3 is 0 Å². The molecule has 0 aliphatic heterocycles. The van der Waals surface area contributed by atoms with Crippen molar-refractivity contribution >= 4 is 27.5 Å². The molecule has 3 aromatic rings. The summed E-state index contributed by atoms with van der Waals surface area (Å²) in [4.78, 5) is 28.7. The van der Waals surface area contributed by atoms with Crippen LogP contribution in [0, 0.1) is 12.7 Å². The van der Waals surface area contributed by atoms with Crippen molar-refractivity contribution in [3.8, 4) is 5.75 Å². The van der Waals surface area contributed by atoms with Gasteiger partial charge in [0, 0.05) is 18.2 Å². The standard InChI is InChI=1S/C32H38FN3O5S/c1-23-17-19-27(20-18-23)42(39,40)36(29-15-9-10-16-30(29)41-3)22-31(37)35(21-25-11-7-8-14-28(25)33)24(2)32(38)34-26-12-5-4-6-13-26/h7-11,14-20,24,26H,4-6,12-13,21-22H2,1-3H3,(H,34,38). The van der Waals surface area contributed by atoms with Crippen molar-refractivity contribution in [2.24, 2.45) is 0 Å². The highest BCUT2D eigenvalue weighted by molar-refractivity contribution is 7.92. The highest BCUT2D eigenvalue weighted by Crippen LogP contribution is 2.32. The van der Waals surface area contributed by atoms with Gasteiger partial charge in [-0.1, -0.05) is 67.3 Å². The fourth-order valence-electron chi connectivity index (χ4n) is 5.15. The van der Waals surface area contributed by atoms with Crippen LogP contribution in [0.4, 0.5) is 10.1 Å². The molecule has 0 bridgehead atoms. The van der Waals surface area contributed by atoms with E-state index in [1.165, 1.54) is 30.2 Å². The first-order valence-electron chi connectivity index (χ1n) is 14.2. The van der Waals surface area contributed by atoms with Gasteiger partial charge in [-0.05, 0) is 57.0 Å². The molecule has 1 unspecified atom stereocenters. The minimum Gasteiger partial charge on any atom is -0.495 e. The Labute approximate surface area is 247 Å². The predicted molar refractivity (Wildman–Crippen MR) is 160 cm³/mol. The number of nitrogens with one attached hydrogen (secondary N) is 1. The molecular formula is C32H38FN3O5S. The van der Waals surface area contributed by atoms with E-state index < -0.39 is 34.3 Å². The number of ether oxygens (including phenoxy) is 1. The lowest BCUT2D eigenvalue weighted by atomic mass is 9.95. The van der Waals surface area contributed by atoms with Crippen molar-refractivity contribution in [3.63, 3.8) is 0 Å². The number of hydrogen-bond donors (Lipinski definition) is 1. The van der Waals surface area contributed by atoms with Crippen LogP contribution in [0.1, 0.15) is 50.2 Å². The third kappa shape index (κ3) is 7.28. The van der Waals surface area contributed by atoms with Crippen molar-refractivity contribution in [2.75, 3.05) is 18.0 Å². The molecule has 42 heavy (non-hydrogen) atoms. The second-order valence-corrected chi connectivity index (χ2v) is 12.5. The van der Waals surface area contributed by atoms with Crippen molar-refractivity contribution < 1.29 is 27.1 Å². The molecule has 0 heterocycles. The van der Waals surface area contributed by atoms with E-state index in [0.29, 0.717) is 0 Å². The first-order valence-corrected chi connectivity index (χ1v) is 15.6. The van der Waals surface area contributed by atoms with Crippen LogP contribution in [0.3, 0.4) is 0 Å². The molecule has 4 rings (SSSR count). The maximum Gasteiger partial charge on any atom is 0.264 e. The van der Waals surface area contributed by atoms with Gasteiger partial charge in [-0.25, -0.2) is 12.8 Å². The molecule has 1 N–H and O–H groups in total. The summed E-state index contributed by atoms with van der Waals surface area (Å²) >= 11 is 0. The zero-order valence-electron chi connectivity index (χ0n) is 24.3. The summed E-state index contributed by atoms with van der Waals surface area (Å²) in [5.74, 6) is -1.29. The van der Waals surface area contributed by atoms with E-state index in [2.05, 4.69) is 5.32 Å². The molecule has 8 nitrogen and oxygen atoms in total. The van der Waals surface area contributed by atoms with Crippen LogP contribution in [0.2, 0.25) is 0 Å². The second-order valence-electron chi connectivity index (χ2n) is 10.6. The van der Waals surface area contributed by atoms with Crippen LogP contribution in [0.15, 0.2) is 77.7 Å². The topological polar surface area (TPSA) is 96.0 Å². The first kappa shape index (κ1) is 31.0. The molecule has 10 heteroatoms. The van der Waals surface area contributed by atoms with Gasteiger partial charge in [-0.2, -0.15) is 0 Å². The molecule has 224 valence electrons. The van der Waals surface area contributed by atoms with Gasteiger partial charge in [-0.15, -0.1) is 0 Å². The smallest absolute Gasteiger partial charge is 0.264 e. The van der Waals surface area contributed by atoms with E-state index >= 15 is 0 Å². The highest BCUT2D eigenvalue weighted by atomic mass is 32.2. The fourth-order valence-corrected chi connectivity index (χ4v) is 6.57. The molecule has 0 aromatic heterocycles. The molecule has 1 aliphatic rings. The summed E-state index contributed by atoms with van der Waals surface area (Å²) in [5.41, 5.74) is 1.26. The van der Waals surface area contributed by atoms with Crippen molar-refractivity contribution in [1.29, 1.82) is 0 Å². The maximum atomic E-state index is 14.8. The van der Waals surface area contributed by atoms with Gasteiger partial charge in [0.25, 0.3) is 10.0 Å². The van der Waals surface area contributed by atoms with Crippen LogP contribution >= 0.6 is 0 Å². The highest BCUT2D eigenvalue weighted by Gasteiger charge is 2.34. The second kappa shape index (κ2) is 13.8. The lowest BCUT2D eigenvalue weighted by molar-refractivity contribution is -0.139. The normalized spacial score (nSPS) is 14.6. The number of benzene rings is 3. The summed E-state index contributed by atoms with van der Waals surface area (Å²) in [5, 5.41) is 3.04. The summed E-state index contributed by atoms with van der Waals surface area (Å²) in [7, 11) is -2.83. The average Bonchev–Trinajstić information content (AvgIpc) is 2.99. The molecular weight excluding hydrogens is 557 g/mol. The number of rotatable bonds is 11. The number of carbonyl (C=O) groups is 2. The van der Waals surface area contributed by atoms with E-state index in [1.54, 1.807) is 61.5 Å². The van der Waals surface area contributed by atoms with E-state index in [1.807, 2.05) is 6.92 Å². The molecule has 3 aromatic carbocycles. The minimum absolute atomic E-state index is 0.00412. The summed E-state index contributed by atoms with van der Waals surface area (Å²) in [6, 6.07) is 17.9. The monoisotopic (exact) mass is 595 g/mol. The van der Waals surface area contributed by atoms with Gasteiger partial charge in [0.2, 0.25) is 11.8 Å². The van der Waals surface area contributed by atoms with E-state index in [-0.39, 0.29) is 40.4 Å². The Kier molecular flexibility index (Phi) is 10.2. The summed E-state index contributed by atoms with van der Waals surface area (Å²) in [6.45, 7) is 2.58. The molecule has 1 atom stereocenters. The number of anilines is 1. The molecule has 1 aliphatic carbocycles. The third-order valence-corrected chi connectivity index (χ3v) is 9.43. The van der Waals surface area contributed by atoms with Crippen LogP contribution in [0.5, 0.6) is 5.75 Å². The zero-order valence-corrected chi connectivity index (χ0v) is 25.1. The molecule has 0 radical (unpaired) electrons. The summed E-state index contributed by atoms with van der Waals surface area (Å²) < 4.78 is 49.2. The summed E-state index contributed by atoms with van der Waals surface area (Å²) in [6.07, 6.45) is 4.87. The number of methoxy groups -OCH3 is 1. The van der Waals surface area contributed by atoms with Crippen molar-refractivity contribution in [3.05, 3.63) is 89.7 Å². The zero-order chi connectivity index (χ0) is 30.3. The van der Waals surface area contributed by atoms with E-state index in [9.17, 15) is 22.4 Å². The molecule has 1 saturated carbocycles. The number of amides is 2. The molecule has 0 spiro atoms. The fraction of sp³-hybridized carbons (Fsp3) is 0.375. The predicted octanol–water partition coefficient (Wildman–Crippen LogP) is 5.20. The first-order chi connectivity index (χ1) is 20.1. The number of halogens is 1. The average molecular weight is 596 g/mol. The van der Waals surface area contributed by atoms with E-state index in [0.717, 1.165) is 42.0 Å². The Balaban J connectivity index is 1.71. The Bertz CT molecular complexity index is 1490. The van der Waals surface area contributed by atoms with Gasteiger partial charge < -0.3 is 15.0 Å². The Morgan fingerprint density at radius 2 is 1.62 bits per heavy atom. The Morgan fingerprint density at radius 1 is 0.976 bits per heavy atom. The number of hydrogen-bond acceptors (Lipinski definition) is 5. The lowest BCUT2D eigenvalue weighted by Gasteiger charge is -2.33. The van der Waals surface area contributed by atoms with Crippen LogP contribution in [-0.4, -0.2) is 50.9 Å². The number of nitrogens with zero attached hydrogens (tertiary/aromatic N) is 2. The number of aryl methyl sites for hydroxylation is 1. The third-order valence-electron chi connectivity index (χ3n) is 7.66. The van der Waals surface area contributed by atoms with Crippen molar-refractivity contribution in [2.45, 2.75) is 69.5 Å². The Hall–Kier alpha value is -3.92. The SMILES string of the molecule is COc1ccccc1N(CC(=O)N(Cc1ccccc1F)C(C)C(=O)NC1CCCCC1)S(=O)(=O)c1ccc(C)cc1. The largest absolute Gasteiger partial charge is 0.495 e. The van der Waals surface area contributed by atoms with Gasteiger partial charge in [-0.3, -0.25) is 13.9 Å². The van der Waals surface area contributed by atoms with Crippen LogP contribution in [-0.2, 0) is 26.2 Å². The number of para-hydroxylation sites is 2.